The second-order valence-electron chi connectivity index (χ2n) is 5.97. The maximum Gasteiger partial charge on any atom is 0.257 e. The van der Waals surface area contributed by atoms with Crippen LogP contribution in [0.15, 0.2) is 42.5 Å². The first-order valence-electron chi connectivity index (χ1n) is 7.87. The van der Waals surface area contributed by atoms with Gasteiger partial charge in [0, 0.05) is 11.6 Å². The van der Waals surface area contributed by atoms with E-state index in [4.69, 9.17) is 23.2 Å². The van der Waals surface area contributed by atoms with Crippen molar-refractivity contribution in [2.75, 3.05) is 5.32 Å². The second kappa shape index (κ2) is 6.11. The van der Waals surface area contributed by atoms with E-state index in [1.165, 1.54) is 6.42 Å². The molecule has 0 saturated heterocycles. The Hall–Kier alpha value is -2.04. The third-order valence-corrected chi connectivity index (χ3v) is 5.15. The molecule has 0 radical (unpaired) electrons. The summed E-state index contributed by atoms with van der Waals surface area (Å²) in [5.41, 5.74) is 2.23. The molecule has 122 valence electrons. The first-order chi connectivity index (χ1) is 11.6. The highest BCUT2D eigenvalue weighted by molar-refractivity contribution is 6.42. The lowest BCUT2D eigenvalue weighted by molar-refractivity contribution is 0.102. The number of aromatic nitrogens is 2. The highest BCUT2D eigenvalue weighted by atomic mass is 35.5. The van der Waals surface area contributed by atoms with Crippen molar-refractivity contribution in [1.82, 2.24) is 9.55 Å². The van der Waals surface area contributed by atoms with Crippen LogP contribution in [0.1, 0.15) is 35.7 Å². The van der Waals surface area contributed by atoms with Gasteiger partial charge in [0.05, 0.1) is 21.1 Å². The van der Waals surface area contributed by atoms with Crippen molar-refractivity contribution in [3.63, 3.8) is 0 Å². The molecule has 1 heterocycles. The first-order valence-corrected chi connectivity index (χ1v) is 8.62. The highest BCUT2D eigenvalue weighted by Crippen LogP contribution is 2.39. The number of nitrogens with zero attached hydrogens (tertiary/aromatic N) is 2. The molecule has 3 aromatic rings. The number of hydrogen-bond acceptors (Lipinski definition) is 2. The molecule has 1 fully saturated rings. The molecule has 0 aliphatic heterocycles. The molecule has 6 heteroatoms. The van der Waals surface area contributed by atoms with Gasteiger partial charge in [0.1, 0.15) is 0 Å². The molecular formula is C18H15Cl2N3O. The lowest BCUT2D eigenvalue weighted by Crippen LogP contribution is -2.22. The Kier molecular flexibility index (Phi) is 3.94. The smallest absolute Gasteiger partial charge is 0.257 e. The monoisotopic (exact) mass is 359 g/mol. The predicted octanol–water partition coefficient (Wildman–Crippen LogP) is 5.32. The highest BCUT2D eigenvalue weighted by Gasteiger charge is 2.26. The van der Waals surface area contributed by atoms with Gasteiger partial charge in [-0.05, 0) is 43.5 Å². The molecule has 1 N–H and O–H groups in total. The zero-order valence-corrected chi connectivity index (χ0v) is 14.3. The van der Waals surface area contributed by atoms with Gasteiger partial charge >= 0.3 is 0 Å². The Morgan fingerprint density at radius 2 is 1.83 bits per heavy atom. The van der Waals surface area contributed by atoms with E-state index in [0.717, 1.165) is 23.9 Å². The SMILES string of the molecule is O=C(Nc1nc2cc(Cl)c(Cl)cc2n1C1CCC1)c1ccccc1. The van der Waals surface area contributed by atoms with Crippen molar-refractivity contribution in [1.29, 1.82) is 0 Å². The Morgan fingerprint density at radius 3 is 2.50 bits per heavy atom. The third kappa shape index (κ3) is 2.66. The van der Waals surface area contributed by atoms with Gasteiger partial charge in [0.25, 0.3) is 5.91 Å². The van der Waals surface area contributed by atoms with Gasteiger partial charge in [0.2, 0.25) is 5.95 Å². The van der Waals surface area contributed by atoms with Gasteiger partial charge in [-0.2, -0.15) is 0 Å². The summed E-state index contributed by atoms with van der Waals surface area (Å²) < 4.78 is 2.07. The quantitative estimate of drug-likeness (QED) is 0.687. The summed E-state index contributed by atoms with van der Waals surface area (Å²) in [5, 5.41) is 3.88. The van der Waals surface area contributed by atoms with Crippen LogP contribution in [0.25, 0.3) is 11.0 Å². The van der Waals surface area contributed by atoms with E-state index in [2.05, 4.69) is 14.9 Å². The molecule has 1 aliphatic carbocycles. The van der Waals surface area contributed by atoms with E-state index in [0.29, 0.717) is 27.6 Å². The van der Waals surface area contributed by atoms with Crippen molar-refractivity contribution >= 4 is 46.1 Å². The molecule has 4 nitrogen and oxygen atoms in total. The summed E-state index contributed by atoms with van der Waals surface area (Å²) in [5.74, 6) is 0.366. The number of anilines is 1. The largest absolute Gasteiger partial charge is 0.307 e. The van der Waals surface area contributed by atoms with E-state index in [-0.39, 0.29) is 5.91 Å². The molecule has 1 aliphatic rings. The van der Waals surface area contributed by atoms with Crippen LogP contribution in [0, 0.1) is 0 Å². The fourth-order valence-electron chi connectivity index (χ4n) is 2.96. The van der Waals surface area contributed by atoms with E-state index >= 15 is 0 Å². The molecule has 24 heavy (non-hydrogen) atoms. The van der Waals surface area contributed by atoms with Crippen molar-refractivity contribution in [3.05, 3.63) is 58.1 Å². The number of rotatable bonds is 3. The summed E-state index contributed by atoms with van der Waals surface area (Å²) in [4.78, 5) is 17.1. The lowest BCUT2D eigenvalue weighted by atomic mass is 9.93. The van der Waals surface area contributed by atoms with Gasteiger partial charge in [0.15, 0.2) is 0 Å². The minimum Gasteiger partial charge on any atom is -0.307 e. The summed E-state index contributed by atoms with van der Waals surface area (Å²) in [6.07, 6.45) is 3.32. The number of carbonyl (C=O) groups excluding carboxylic acids is 1. The zero-order valence-electron chi connectivity index (χ0n) is 12.8. The van der Waals surface area contributed by atoms with Gasteiger partial charge in [-0.15, -0.1) is 0 Å². The van der Waals surface area contributed by atoms with Gasteiger partial charge < -0.3 is 4.57 Å². The second-order valence-corrected chi connectivity index (χ2v) is 6.78. The number of imidazole rings is 1. The maximum absolute atomic E-state index is 12.5. The maximum atomic E-state index is 12.5. The van der Waals surface area contributed by atoms with Crippen molar-refractivity contribution in [3.8, 4) is 0 Å². The third-order valence-electron chi connectivity index (χ3n) is 4.43. The summed E-state index contributed by atoms with van der Waals surface area (Å²) in [6, 6.07) is 13.0. The zero-order chi connectivity index (χ0) is 16.7. The van der Waals surface area contributed by atoms with Crippen molar-refractivity contribution in [2.24, 2.45) is 0 Å². The predicted molar refractivity (Wildman–Crippen MR) is 97.0 cm³/mol. The van der Waals surface area contributed by atoms with Crippen LogP contribution in [0.3, 0.4) is 0 Å². The molecule has 0 atom stereocenters. The summed E-state index contributed by atoms with van der Waals surface area (Å²) in [7, 11) is 0. The number of fused-ring (bicyclic) bond motifs is 1. The number of amides is 1. The standard InChI is InChI=1S/C18H15Cl2N3O/c19-13-9-15-16(10-14(13)20)23(12-7-4-8-12)18(21-15)22-17(24)11-5-2-1-3-6-11/h1-3,5-6,9-10,12H,4,7-8H2,(H,21,22,24). The van der Waals surface area contributed by atoms with E-state index < -0.39 is 0 Å². The van der Waals surface area contributed by atoms with E-state index in [9.17, 15) is 4.79 Å². The van der Waals surface area contributed by atoms with Crippen LogP contribution >= 0.6 is 23.2 Å². The molecule has 1 aromatic heterocycles. The van der Waals surface area contributed by atoms with Crippen LogP contribution in [0.5, 0.6) is 0 Å². The van der Waals surface area contributed by atoms with Crippen LogP contribution in [0.4, 0.5) is 5.95 Å². The van der Waals surface area contributed by atoms with Crippen LogP contribution in [-0.2, 0) is 0 Å². The average Bonchev–Trinajstić information content (AvgIpc) is 2.85. The van der Waals surface area contributed by atoms with E-state index in [1.54, 1.807) is 18.2 Å². The normalized spacial score (nSPS) is 14.6. The number of nitrogens with one attached hydrogen (secondary N) is 1. The first kappa shape index (κ1) is 15.5. The molecule has 1 amide bonds. The fourth-order valence-corrected chi connectivity index (χ4v) is 3.27. The van der Waals surface area contributed by atoms with Crippen LogP contribution < -0.4 is 5.32 Å². The van der Waals surface area contributed by atoms with Crippen molar-refractivity contribution in [2.45, 2.75) is 25.3 Å². The van der Waals surface area contributed by atoms with E-state index in [1.807, 2.05) is 24.3 Å². The molecule has 0 spiro atoms. The molecular weight excluding hydrogens is 345 g/mol. The Balaban J connectivity index is 1.78. The topological polar surface area (TPSA) is 46.9 Å². The molecule has 2 aromatic carbocycles. The van der Waals surface area contributed by atoms with Gasteiger partial charge in [-0.1, -0.05) is 41.4 Å². The van der Waals surface area contributed by atoms with Crippen LogP contribution in [-0.4, -0.2) is 15.5 Å². The molecule has 0 unspecified atom stereocenters. The van der Waals surface area contributed by atoms with Gasteiger partial charge in [-0.25, -0.2) is 4.98 Å². The molecule has 4 rings (SSSR count). The lowest BCUT2D eigenvalue weighted by Gasteiger charge is -2.29. The minimum absolute atomic E-state index is 0.177. The Morgan fingerprint density at radius 1 is 1.12 bits per heavy atom. The molecule has 0 bridgehead atoms. The number of hydrogen-bond donors (Lipinski definition) is 1. The summed E-state index contributed by atoms with van der Waals surface area (Å²) >= 11 is 12.3. The minimum atomic E-state index is -0.177. The number of benzene rings is 2. The molecule has 1 saturated carbocycles. The number of halogens is 2. The van der Waals surface area contributed by atoms with Crippen molar-refractivity contribution < 1.29 is 4.79 Å². The summed E-state index contributed by atoms with van der Waals surface area (Å²) in [6.45, 7) is 0. The van der Waals surface area contributed by atoms with Crippen LogP contribution in [0.2, 0.25) is 10.0 Å². The number of carbonyl (C=O) groups is 1. The fraction of sp³-hybridized carbons (Fsp3) is 0.222. The Labute approximate surface area is 149 Å². The Bertz CT molecular complexity index is 917. The van der Waals surface area contributed by atoms with Gasteiger partial charge in [-0.3, -0.25) is 10.1 Å². The average molecular weight is 360 g/mol.